The van der Waals surface area contributed by atoms with Crippen molar-refractivity contribution >= 4 is 21.2 Å². The smallest absolute Gasteiger partial charge is 0.175 e. The summed E-state index contributed by atoms with van der Waals surface area (Å²) in [7, 11) is -1.61. The zero-order valence-electron chi connectivity index (χ0n) is 16.7. The second kappa shape index (κ2) is 8.20. The minimum absolute atomic E-state index is 0.153. The summed E-state index contributed by atoms with van der Waals surface area (Å²) in [5.74, 6) is 1.46. The summed E-state index contributed by atoms with van der Waals surface area (Å²) >= 11 is 0. The molecule has 0 radical (unpaired) electrons. The number of fused-ring (bicyclic) bond motifs is 1. The van der Waals surface area contributed by atoms with Crippen molar-refractivity contribution in [2.75, 3.05) is 18.8 Å². The molecule has 1 aliphatic rings. The molecule has 4 rings (SSSR count). The SMILES string of the molecule is COc1ccc2c(c1)C(=NNc1ccc(S(C)(=O)=O)cc1)CC(c1ccccc1)O2. The first-order valence-electron chi connectivity index (χ1n) is 9.47. The van der Waals surface area contributed by atoms with Crippen molar-refractivity contribution in [3.8, 4) is 11.5 Å². The first-order valence-corrected chi connectivity index (χ1v) is 11.4. The zero-order valence-corrected chi connectivity index (χ0v) is 17.5. The summed E-state index contributed by atoms with van der Waals surface area (Å²) in [6, 6.07) is 22.2. The fourth-order valence-corrected chi connectivity index (χ4v) is 3.94. The molecule has 0 aromatic heterocycles. The Morgan fingerprint density at radius 3 is 2.43 bits per heavy atom. The van der Waals surface area contributed by atoms with Crippen molar-refractivity contribution in [2.24, 2.45) is 5.10 Å². The van der Waals surface area contributed by atoms with Crippen molar-refractivity contribution in [3.05, 3.63) is 83.9 Å². The van der Waals surface area contributed by atoms with E-state index in [1.165, 1.54) is 6.26 Å². The van der Waals surface area contributed by atoms with Gasteiger partial charge in [-0.05, 0) is 48.0 Å². The molecular weight excluding hydrogens is 400 g/mol. The summed E-state index contributed by atoms with van der Waals surface area (Å²) < 4.78 is 34.9. The number of methoxy groups -OCH3 is 1. The maximum Gasteiger partial charge on any atom is 0.175 e. The van der Waals surface area contributed by atoms with Crippen LogP contribution in [-0.4, -0.2) is 27.5 Å². The minimum atomic E-state index is -3.23. The Morgan fingerprint density at radius 2 is 1.77 bits per heavy atom. The molecular formula is C23H22N2O4S. The number of ether oxygens (including phenoxy) is 2. The lowest BCUT2D eigenvalue weighted by atomic mass is 9.95. The lowest BCUT2D eigenvalue weighted by Gasteiger charge is -2.28. The average molecular weight is 423 g/mol. The van der Waals surface area contributed by atoms with Gasteiger partial charge in [-0.2, -0.15) is 5.10 Å². The number of sulfone groups is 1. The third-order valence-corrected chi connectivity index (χ3v) is 6.05. The quantitative estimate of drug-likeness (QED) is 0.615. The maximum atomic E-state index is 11.6. The molecule has 1 atom stereocenters. The number of hydrogen-bond donors (Lipinski definition) is 1. The number of nitrogens with one attached hydrogen (secondary N) is 1. The minimum Gasteiger partial charge on any atom is -0.497 e. The number of nitrogens with zero attached hydrogens (tertiary/aromatic N) is 1. The van der Waals surface area contributed by atoms with E-state index >= 15 is 0 Å². The van der Waals surface area contributed by atoms with Crippen LogP contribution in [0.25, 0.3) is 0 Å². The average Bonchev–Trinajstić information content (AvgIpc) is 2.77. The van der Waals surface area contributed by atoms with E-state index in [1.54, 1.807) is 31.4 Å². The van der Waals surface area contributed by atoms with Gasteiger partial charge < -0.3 is 9.47 Å². The van der Waals surface area contributed by atoms with Crippen LogP contribution in [0.4, 0.5) is 5.69 Å². The number of hydrogen-bond acceptors (Lipinski definition) is 6. The number of hydrazone groups is 1. The fourth-order valence-electron chi connectivity index (χ4n) is 3.31. The molecule has 7 heteroatoms. The topological polar surface area (TPSA) is 77.0 Å². The van der Waals surface area contributed by atoms with Gasteiger partial charge in [0.1, 0.15) is 17.6 Å². The van der Waals surface area contributed by atoms with Gasteiger partial charge >= 0.3 is 0 Å². The highest BCUT2D eigenvalue weighted by atomic mass is 32.2. The van der Waals surface area contributed by atoms with Crippen molar-refractivity contribution in [2.45, 2.75) is 17.4 Å². The number of benzene rings is 3. The van der Waals surface area contributed by atoms with Crippen LogP contribution >= 0.6 is 0 Å². The Morgan fingerprint density at radius 1 is 1.03 bits per heavy atom. The van der Waals surface area contributed by atoms with Crippen molar-refractivity contribution in [1.29, 1.82) is 0 Å². The highest BCUT2D eigenvalue weighted by Crippen LogP contribution is 2.37. The number of rotatable bonds is 5. The molecule has 30 heavy (non-hydrogen) atoms. The summed E-state index contributed by atoms with van der Waals surface area (Å²) in [5.41, 5.74) is 6.50. The predicted molar refractivity (Wildman–Crippen MR) is 117 cm³/mol. The van der Waals surface area contributed by atoms with E-state index in [-0.39, 0.29) is 11.0 Å². The summed E-state index contributed by atoms with van der Waals surface area (Å²) in [6.45, 7) is 0. The van der Waals surface area contributed by atoms with Crippen molar-refractivity contribution in [1.82, 2.24) is 0 Å². The van der Waals surface area contributed by atoms with Gasteiger partial charge in [-0.1, -0.05) is 30.3 Å². The fraction of sp³-hybridized carbons (Fsp3) is 0.174. The third kappa shape index (κ3) is 4.31. The number of anilines is 1. The summed E-state index contributed by atoms with van der Waals surface area (Å²) in [4.78, 5) is 0.269. The molecule has 1 aliphatic heterocycles. The van der Waals surface area contributed by atoms with E-state index in [9.17, 15) is 8.42 Å². The largest absolute Gasteiger partial charge is 0.497 e. The lowest BCUT2D eigenvalue weighted by Crippen LogP contribution is -2.22. The van der Waals surface area contributed by atoms with E-state index in [0.717, 1.165) is 28.3 Å². The summed E-state index contributed by atoms with van der Waals surface area (Å²) in [6.07, 6.45) is 1.62. The van der Waals surface area contributed by atoms with Crippen LogP contribution in [0.1, 0.15) is 23.7 Å². The summed E-state index contributed by atoms with van der Waals surface area (Å²) in [5, 5.41) is 4.62. The Hall–Kier alpha value is -3.32. The highest BCUT2D eigenvalue weighted by molar-refractivity contribution is 7.90. The van der Waals surface area contributed by atoms with Gasteiger partial charge in [-0.25, -0.2) is 8.42 Å². The molecule has 3 aromatic carbocycles. The first kappa shape index (κ1) is 20.0. The molecule has 3 aromatic rings. The van der Waals surface area contributed by atoms with Crippen molar-refractivity contribution < 1.29 is 17.9 Å². The van der Waals surface area contributed by atoms with Gasteiger partial charge in [-0.15, -0.1) is 0 Å². The molecule has 0 bridgehead atoms. The van der Waals surface area contributed by atoms with Crippen LogP contribution < -0.4 is 14.9 Å². The Labute approximate surface area is 176 Å². The highest BCUT2D eigenvalue weighted by Gasteiger charge is 2.27. The molecule has 0 amide bonds. The maximum absolute atomic E-state index is 11.6. The molecule has 0 spiro atoms. The molecule has 0 aliphatic carbocycles. The van der Waals surface area contributed by atoms with E-state index in [0.29, 0.717) is 12.1 Å². The predicted octanol–water partition coefficient (Wildman–Crippen LogP) is 4.44. The van der Waals surface area contributed by atoms with Gasteiger partial charge in [0.2, 0.25) is 0 Å². The Bertz CT molecular complexity index is 1170. The van der Waals surface area contributed by atoms with Crippen LogP contribution in [0.2, 0.25) is 0 Å². The van der Waals surface area contributed by atoms with Gasteiger partial charge in [0.25, 0.3) is 0 Å². The molecule has 0 saturated heterocycles. The van der Waals surface area contributed by atoms with Crippen LogP contribution in [0.5, 0.6) is 11.5 Å². The first-order chi connectivity index (χ1) is 14.4. The molecule has 6 nitrogen and oxygen atoms in total. The normalized spacial score (nSPS) is 17.1. The van der Waals surface area contributed by atoms with E-state index < -0.39 is 9.84 Å². The second-order valence-corrected chi connectivity index (χ2v) is 9.07. The van der Waals surface area contributed by atoms with E-state index in [1.807, 2.05) is 48.5 Å². The van der Waals surface area contributed by atoms with Crippen LogP contribution in [0.3, 0.4) is 0 Å². The molecule has 1 unspecified atom stereocenters. The molecule has 0 saturated carbocycles. The van der Waals surface area contributed by atoms with Gasteiger partial charge in [0, 0.05) is 18.2 Å². The van der Waals surface area contributed by atoms with E-state index in [2.05, 4.69) is 10.5 Å². The van der Waals surface area contributed by atoms with Crippen LogP contribution in [0.15, 0.2) is 82.8 Å². The molecule has 154 valence electrons. The molecule has 1 heterocycles. The monoisotopic (exact) mass is 422 g/mol. The molecule has 1 N–H and O–H groups in total. The van der Waals surface area contributed by atoms with Gasteiger partial charge in [-0.3, -0.25) is 5.43 Å². The van der Waals surface area contributed by atoms with Crippen LogP contribution in [0, 0.1) is 0 Å². The van der Waals surface area contributed by atoms with Crippen molar-refractivity contribution in [3.63, 3.8) is 0 Å². The standard InChI is InChI=1S/C23H22N2O4S/c1-28-18-10-13-22-20(14-18)21(15-23(29-22)16-6-4-3-5-7-16)25-24-17-8-11-19(12-9-17)30(2,26)27/h3-14,23-24H,15H2,1-2H3. The second-order valence-electron chi connectivity index (χ2n) is 7.05. The zero-order chi connectivity index (χ0) is 21.1. The van der Waals surface area contributed by atoms with Gasteiger partial charge in [0.05, 0.1) is 23.4 Å². The molecule has 0 fully saturated rings. The van der Waals surface area contributed by atoms with Crippen LogP contribution in [-0.2, 0) is 9.84 Å². The van der Waals surface area contributed by atoms with E-state index in [4.69, 9.17) is 9.47 Å². The van der Waals surface area contributed by atoms with Gasteiger partial charge in [0.15, 0.2) is 9.84 Å². The third-order valence-electron chi connectivity index (χ3n) is 4.92. The Kier molecular flexibility index (Phi) is 5.46. The lowest BCUT2D eigenvalue weighted by molar-refractivity contribution is 0.206. The Balaban J connectivity index is 1.66.